The van der Waals surface area contributed by atoms with Crippen LogP contribution < -0.4 is 10.2 Å². The third kappa shape index (κ3) is 3.11. The maximum Gasteiger partial charge on any atom is 0.229 e. The molecule has 2 rings (SSSR count). The molecule has 1 aromatic rings. The molecule has 1 unspecified atom stereocenters. The zero-order valence-corrected chi connectivity index (χ0v) is 11.0. The number of hydrogen-bond acceptors (Lipinski definition) is 5. The number of nitrogens with zero attached hydrogens (tertiary/aromatic N) is 2. The number of carbonyl (C=O) groups is 2. The molecule has 0 aliphatic carbocycles. The minimum absolute atomic E-state index is 0.111. The van der Waals surface area contributed by atoms with Crippen LogP contribution in [0.5, 0.6) is 0 Å². The molecular weight excluding hydrogens is 250 g/mol. The van der Waals surface area contributed by atoms with Gasteiger partial charge in [-0.15, -0.1) is 0 Å². The Kier molecular flexibility index (Phi) is 4.16. The van der Waals surface area contributed by atoms with E-state index in [0.717, 1.165) is 0 Å². The Morgan fingerprint density at radius 1 is 1.68 bits per heavy atom. The molecule has 0 radical (unpaired) electrons. The van der Waals surface area contributed by atoms with Gasteiger partial charge >= 0.3 is 0 Å². The number of aromatic nitrogens is 1. The van der Waals surface area contributed by atoms with Gasteiger partial charge in [-0.25, -0.2) is 0 Å². The van der Waals surface area contributed by atoms with Gasteiger partial charge in [0.25, 0.3) is 0 Å². The van der Waals surface area contributed by atoms with Crippen LogP contribution >= 0.6 is 0 Å². The van der Waals surface area contributed by atoms with Crippen LogP contribution in [-0.4, -0.2) is 43.8 Å². The highest BCUT2D eigenvalue weighted by Crippen LogP contribution is 2.24. The second-order valence-electron chi connectivity index (χ2n) is 4.48. The minimum Gasteiger partial charge on any atom is -0.383 e. The van der Waals surface area contributed by atoms with E-state index in [-0.39, 0.29) is 24.2 Å². The van der Waals surface area contributed by atoms with Crippen molar-refractivity contribution in [2.75, 3.05) is 31.7 Å². The van der Waals surface area contributed by atoms with Gasteiger partial charge in [-0.1, -0.05) is 5.16 Å². The molecule has 1 atom stereocenters. The summed E-state index contributed by atoms with van der Waals surface area (Å²) in [6.07, 6.45) is 0.199. The Labute approximate surface area is 110 Å². The lowest BCUT2D eigenvalue weighted by Gasteiger charge is -2.12. The minimum atomic E-state index is -0.346. The monoisotopic (exact) mass is 267 g/mol. The molecule has 1 fully saturated rings. The average molecular weight is 267 g/mol. The van der Waals surface area contributed by atoms with Crippen molar-refractivity contribution in [3.63, 3.8) is 0 Å². The first-order valence-electron chi connectivity index (χ1n) is 6.12. The zero-order valence-electron chi connectivity index (χ0n) is 11.0. The Bertz CT molecular complexity index is 471. The maximum absolute atomic E-state index is 11.9. The van der Waals surface area contributed by atoms with Gasteiger partial charge in [0, 0.05) is 32.7 Å². The van der Waals surface area contributed by atoms with Crippen LogP contribution in [0.1, 0.15) is 12.2 Å². The molecule has 0 spiro atoms. The maximum atomic E-state index is 11.9. The normalized spacial score (nSPS) is 18.9. The first-order valence-corrected chi connectivity index (χ1v) is 6.12. The summed E-state index contributed by atoms with van der Waals surface area (Å²) in [5.74, 6) is 0.514. The van der Waals surface area contributed by atoms with Gasteiger partial charge in [-0.05, 0) is 6.92 Å². The van der Waals surface area contributed by atoms with Crippen molar-refractivity contribution >= 4 is 17.6 Å². The van der Waals surface area contributed by atoms with E-state index in [0.29, 0.717) is 31.3 Å². The topological polar surface area (TPSA) is 84.7 Å². The number of hydrogen-bond donors (Lipinski definition) is 1. The zero-order chi connectivity index (χ0) is 13.8. The summed E-state index contributed by atoms with van der Waals surface area (Å²) in [6.45, 7) is 3.00. The molecule has 0 bridgehead atoms. The molecule has 1 aromatic heterocycles. The molecular formula is C12H17N3O4. The van der Waals surface area contributed by atoms with Crippen molar-refractivity contribution in [3.05, 3.63) is 11.8 Å². The molecule has 2 heterocycles. The number of nitrogens with one attached hydrogen (secondary N) is 1. The van der Waals surface area contributed by atoms with Crippen molar-refractivity contribution in [2.45, 2.75) is 13.3 Å². The summed E-state index contributed by atoms with van der Waals surface area (Å²) < 4.78 is 9.79. The fourth-order valence-corrected chi connectivity index (χ4v) is 2.01. The van der Waals surface area contributed by atoms with Gasteiger partial charge in [0.05, 0.1) is 12.5 Å². The van der Waals surface area contributed by atoms with E-state index in [9.17, 15) is 9.59 Å². The van der Waals surface area contributed by atoms with Crippen molar-refractivity contribution in [3.8, 4) is 0 Å². The summed E-state index contributed by atoms with van der Waals surface area (Å²) in [6, 6.07) is 1.68. The van der Waals surface area contributed by atoms with Crippen molar-refractivity contribution in [2.24, 2.45) is 5.92 Å². The smallest absolute Gasteiger partial charge is 0.229 e. The van der Waals surface area contributed by atoms with Gasteiger partial charge in [-0.2, -0.15) is 0 Å². The van der Waals surface area contributed by atoms with Crippen LogP contribution in [0.2, 0.25) is 0 Å². The number of rotatable bonds is 5. The van der Waals surface area contributed by atoms with E-state index >= 15 is 0 Å². The molecule has 1 saturated heterocycles. The molecule has 2 amide bonds. The van der Waals surface area contributed by atoms with Gasteiger partial charge in [0.2, 0.25) is 11.8 Å². The lowest BCUT2D eigenvalue weighted by molar-refractivity contribution is -0.126. The molecule has 1 N–H and O–H groups in total. The van der Waals surface area contributed by atoms with Crippen molar-refractivity contribution < 1.29 is 18.8 Å². The fraction of sp³-hybridized carbons (Fsp3) is 0.583. The van der Waals surface area contributed by atoms with Crippen LogP contribution in [0, 0.1) is 12.8 Å². The van der Waals surface area contributed by atoms with E-state index in [1.54, 1.807) is 20.1 Å². The van der Waals surface area contributed by atoms with E-state index in [4.69, 9.17) is 9.26 Å². The Morgan fingerprint density at radius 3 is 3.11 bits per heavy atom. The molecule has 19 heavy (non-hydrogen) atoms. The Balaban J connectivity index is 1.93. The van der Waals surface area contributed by atoms with Crippen molar-refractivity contribution in [1.82, 2.24) is 10.5 Å². The van der Waals surface area contributed by atoms with Gasteiger partial charge in [-0.3, -0.25) is 14.5 Å². The Hall–Kier alpha value is -1.89. The molecule has 0 aromatic carbocycles. The van der Waals surface area contributed by atoms with E-state index < -0.39 is 0 Å². The molecule has 7 nitrogen and oxygen atoms in total. The molecule has 1 aliphatic rings. The average Bonchev–Trinajstić information content (AvgIpc) is 2.95. The molecule has 1 aliphatic heterocycles. The summed E-state index contributed by atoms with van der Waals surface area (Å²) in [4.78, 5) is 25.2. The quantitative estimate of drug-likeness (QED) is 0.765. The number of aryl methyl sites for hydroxylation is 1. The molecule has 0 saturated carbocycles. The second kappa shape index (κ2) is 5.83. The standard InChI is InChI=1S/C12H17N3O4/c1-8-5-10(14-19-8)15-7-9(6-11(15)16)12(17)13-3-4-18-2/h5,9H,3-4,6-7H2,1-2H3,(H,13,17). The third-order valence-corrected chi connectivity index (χ3v) is 2.99. The number of amides is 2. The highest BCUT2D eigenvalue weighted by Gasteiger charge is 2.36. The molecule has 104 valence electrons. The highest BCUT2D eigenvalue weighted by molar-refractivity contribution is 5.99. The highest BCUT2D eigenvalue weighted by atomic mass is 16.5. The summed E-state index contributed by atoms with van der Waals surface area (Å²) >= 11 is 0. The van der Waals surface area contributed by atoms with Crippen molar-refractivity contribution in [1.29, 1.82) is 0 Å². The Morgan fingerprint density at radius 2 is 2.47 bits per heavy atom. The first kappa shape index (κ1) is 13.5. The van der Waals surface area contributed by atoms with Gasteiger partial charge in [0.15, 0.2) is 5.82 Å². The largest absolute Gasteiger partial charge is 0.383 e. The van der Waals surface area contributed by atoms with Gasteiger partial charge in [0.1, 0.15) is 5.76 Å². The van der Waals surface area contributed by atoms with Crippen LogP contribution in [-0.2, 0) is 14.3 Å². The lowest BCUT2D eigenvalue weighted by Crippen LogP contribution is -2.34. The SMILES string of the molecule is COCCNC(=O)C1CC(=O)N(c2cc(C)on2)C1. The fourth-order valence-electron chi connectivity index (χ4n) is 2.01. The van der Waals surface area contributed by atoms with E-state index in [1.807, 2.05) is 0 Å². The van der Waals surface area contributed by atoms with Crippen LogP contribution in [0.15, 0.2) is 10.6 Å². The number of ether oxygens (including phenoxy) is 1. The number of methoxy groups -OCH3 is 1. The summed E-state index contributed by atoms with van der Waals surface area (Å²) in [5, 5.41) is 6.53. The van der Waals surface area contributed by atoms with Crippen LogP contribution in [0.4, 0.5) is 5.82 Å². The van der Waals surface area contributed by atoms with E-state index in [2.05, 4.69) is 10.5 Å². The predicted octanol–water partition coefficient (Wildman–Crippen LogP) is 0.0985. The van der Waals surface area contributed by atoms with Gasteiger partial charge < -0.3 is 14.6 Å². The summed E-state index contributed by atoms with van der Waals surface area (Å²) in [7, 11) is 1.57. The first-order chi connectivity index (χ1) is 9.11. The lowest BCUT2D eigenvalue weighted by atomic mass is 10.1. The second-order valence-corrected chi connectivity index (χ2v) is 4.48. The predicted molar refractivity (Wildman–Crippen MR) is 66.6 cm³/mol. The summed E-state index contributed by atoms with van der Waals surface area (Å²) in [5.41, 5.74) is 0. The molecule has 7 heteroatoms. The van der Waals surface area contributed by atoms with Crippen LogP contribution in [0.3, 0.4) is 0 Å². The van der Waals surface area contributed by atoms with E-state index in [1.165, 1.54) is 4.90 Å². The third-order valence-electron chi connectivity index (χ3n) is 2.99. The number of anilines is 1. The van der Waals surface area contributed by atoms with Crippen LogP contribution in [0.25, 0.3) is 0 Å². The number of carbonyl (C=O) groups excluding carboxylic acids is 2.